The first-order valence-electron chi connectivity index (χ1n) is 4.39. The van der Waals surface area contributed by atoms with Crippen molar-refractivity contribution in [3.63, 3.8) is 0 Å². The van der Waals surface area contributed by atoms with Gasteiger partial charge in [0.25, 0.3) is 0 Å². The molecule has 0 atom stereocenters. The fourth-order valence-corrected chi connectivity index (χ4v) is 2.29. The highest BCUT2D eigenvalue weighted by atomic mass is 35.5. The van der Waals surface area contributed by atoms with Crippen molar-refractivity contribution in [3.8, 4) is 0 Å². The molecule has 0 amide bonds. The number of aromatic nitrogens is 2. The van der Waals surface area contributed by atoms with E-state index in [-0.39, 0.29) is 5.60 Å². The second kappa shape index (κ2) is 4.10. The summed E-state index contributed by atoms with van der Waals surface area (Å²) in [6, 6.07) is 0. The maximum absolute atomic E-state index is 5.76. The van der Waals surface area contributed by atoms with Crippen LogP contribution in [0.1, 0.15) is 18.7 Å². The molecule has 2 rings (SSSR count). The first-order valence-corrected chi connectivity index (χ1v) is 5.54. The first kappa shape index (κ1) is 10.3. The molecule has 78 valence electrons. The molecule has 0 N–H and O–H groups in total. The number of methoxy groups -OCH3 is 1. The van der Waals surface area contributed by atoms with Crippen LogP contribution < -0.4 is 0 Å². The summed E-state index contributed by atoms with van der Waals surface area (Å²) >= 11 is 6.95. The highest BCUT2D eigenvalue weighted by Crippen LogP contribution is 2.34. The van der Waals surface area contributed by atoms with Crippen LogP contribution in [-0.2, 0) is 15.1 Å². The Hall–Kier alpha value is -0.230. The van der Waals surface area contributed by atoms with E-state index < -0.39 is 0 Å². The van der Waals surface area contributed by atoms with Crippen LogP contribution in [0.15, 0.2) is 0 Å². The summed E-state index contributed by atoms with van der Waals surface area (Å²) in [7, 11) is 1.68. The largest absolute Gasteiger partial charge is 0.381 e. The average Bonchev–Trinajstić information content (AvgIpc) is 2.66. The number of hydrogen-bond acceptors (Lipinski definition) is 5. The second-order valence-corrected chi connectivity index (χ2v) is 4.52. The van der Waals surface area contributed by atoms with Gasteiger partial charge in [-0.2, -0.15) is 4.37 Å². The smallest absolute Gasteiger partial charge is 0.203 e. The van der Waals surface area contributed by atoms with Crippen LogP contribution in [0.4, 0.5) is 0 Å². The molecule has 2 heterocycles. The van der Waals surface area contributed by atoms with E-state index in [9.17, 15) is 0 Å². The molecule has 0 aromatic carbocycles. The Kier molecular flexibility index (Phi) is 3.02. The SMILES string of the molecule is COC1(c2nsc(Cl)n2)CCOCC1. The highest BCUT2D eigenvalue weighted by molar-refractivity contribution is 7.10. The summed E-state index contributed by atoms with van der Waals surface area (Å²) in [5, 5.41) is 0. The van der Waals surface area contributed by atoms with Gasteiger partial charge in [-0.1, -0.05) is 0 Å². The van der Waals surface area contributed by atoms with Crippen molar-refractivity contribution < 1.29 is 9.47 Å². The fraction of sp³-hybridized carbons (Fsp3) is 0.750. The van der Waals surface area contributed by atoms with Crippen molar-refractivity contribution in [1.29, 1.82) is 0 Å². The number of ether oxygens (including phenoxy) is 2. The lowest BCUT2D eigenvalue weighted by molar-refractivity contribution is -0.0993. The first-order chi connectivity index (χ1) is 6.77. The van der Waals surface area contributed by atoms with Crippen molar-refractivity contribution in [2.45, 2.75) is 18.4 Å². The minimum absolute atomic E-state index is 0.387. The van der Waals surface area contributed by atoms with Gasteiger partial charge in [0, 0.05) is 33.2 Å². The summed E-state index contributed by atoms with van der Waals surface area (Å²) in [5.41, 5.74) is -0.387. The molecule has 6 heteroatoms. The maximum Gasteiger partial charge on any atom is 0.203 e. The quantitative estimate of drug-likeness (QED) is 0.783. The third-order valence-electron chi connectivity index (χ3n) is 2.50. The number of nitrogens with zero attached hydrogens (tertiary/aromatic N) is 2. The normalized spacial score (nSPS) is 21.0. The van der Waals surface area contributed by atoms with Gasteiger partial charge >= 0.3 is 0 Å². The summed E-state index contributed by atoms with van der Waals surface area (Å²) in [5.74, 6) is 0.693. The molecular weight excluding hydrogens is 224 g/mol. The lowest BCUT2D eigenvalue weighted by atomic mass is 9.93. The van der Waals surface area contributed by atoms with Crippen molar-refractivity contribution in [3.05, 3.63) is 10.3 Å². The van der Waals surface area contributed by atoms with Gasteiger partial charge in [0.15, 0.2) is 5.82 Å². The molecule has 1 aliphatic rings. The van der Waals surface area contributed by atoms with E-state index in [1.165, 1.54) is 11.5 Å². The molecule has 1 saturated heterocycles. The highest BCUT2D eigenvalue weighted by Gasteiger charge is 2.38. The van der Waals surface area contributed by atoms with Gasteiger partial charge in [-0.05, 0) is 23.1 Å². The van der Waals surface area contributed by atoms with Crippen molar-refractivity contribution in [1.82, 2.24) is 9.36 Å². The van der Waals surface area contributed by atoms with Crippen LogP contribution in [0.3, 0.4) is 0 Å². The molecule has 0 saturated carbocycles. The van der Waals surface area contributed by atoms with E-state index in [2.05, 4.69) is 9.36 Å². The standard InChI is InChI=1S/C8H11ClN2O2S/c1-12-8(2-4-13-5-3-8)6-10-7(9)14-11-6/h2-5H2,1H3. The Morgan fingerprint density at radius 1 is 1.50 bits per heavy atom. The van der Waals surface area contributed by atoms with Gasteiger partial charge in [0.05, 0.1) is 0 Å². The zero-order chi connectivity index (χ0) is 10.0. The monoisotopic (exact) mass is 234 g/mol. The molecule has 0 bridgehead atoms. The molecule has 1 aliphatic heterocycles. The number of halogens is 1. The van der Waals surface area contributed by atoms with E-state index in [4.69, 9.17) is 21.1 Å². The molecule has 0 unspecified atom stereocenters. The molecule has 0 spiro atoms. The minimum Gasteiger partial charge on any atom is -0.381 e. The molecular formula is C8H11ClN2O2S. The molecule has 0 aliphatic carbocycles. The molecule has 1 aromatic rings. The fourth-order valence-electron chi connectivity index (χ4n) is 1.61. The van der Waals surface area contributed by atoms with E-state index >= 15 is 0 Å². The third kappa shape index (κ3) is 1.77. The van der Waals surface area contributed by atoms with Crippen LogP contribution in [0.25, 0.3) is 0 Å². The summed E-state index contributed by atoms with van der Waals surface area (Å²) in [6.07, 6.45) is 1.58. The maximum atomic E-state index is 5.76. The van der Waals surface area contributed by atoms with E-state index in [1.54, 1.807) is 7.11 Å². The molecule has 1 aromatic heterocycles. The molecule has 4 nitrogen and oxygen atoms in total. The van der Waals surface area contributed by atoms with Gasteiger partial charge in [0.2, 0.25) is 4.47 Å². The molecule has 1 fully saturated rings. The van der Waals surface area contributed by atoms with Crippen LogP contribution in [0, 0.1) is 0 Å². The Bertz CT molecular complexity index is 312. The average molecular weight is 235 g/mol. The lowest BCUT2D eigenvalue weighted by Crippen LogP contribution is -2.36. The zero-order valence-electron chi connectivity index (χ0n) is 7.83. The zero-order valence-corrected chi connectivity index (χ0v) is 9.40. The summed E-state index contributed by atoms with van der Waals surface area (Å²) in [4.78, 5) is 4.17. The van der Waals surface area contributed by atoms with Gasteiger partial charge in [-0.25, -0.2) is 4.98 Å². The number of rotatable bonds is 2. The van der Waals surface area contributed by atoms with E-state index in [0.717, 1.165) is 12.8 Å². The predicted octanol–water partition coefficient (Wildman–Crippen LogP) is 1.84. The Morgan fingerprint density at radius 3 is 2.71 bits per heavy atom. The number of hydrogen-bond donors (Lipinski definition) is 0. The molecule has 14 heavy (non-hydrogen) atoms. The van der Waals surface area contributed by atoms with Crippen molar-refractivity contribution in [2.24, 2.45) is 0 Å². The van der Waals surface area contributed by atoms with Gasteiger partial charge in [0.1, 0.15) is 5.60 Å². The van der Waals surface area contributed by atoms with Crippen molar-refractivity contribution >= 4 is 23.1 Å². The van der Waals surface area contributed by atoms with Gasteiger partial charge in [-0.3, -0.25) is 0 Å². The van der Waals surface area contributed by atoms with E-state index in [0.29, 0.717) is 23.5 Å². The second-order valence-electron chi connectivity index (χ2n) is 3.18. The third-order valence-corrected chi connectivity index (χ3v) is 3.30. The Morgan fingerprint density at radius 2 is 2.21 bits per heavy atom. The van der Waals surface area contributed by atoms with Gasteiger partial charge < -0.3 is 9.47 Å². The van der Waals surface area contributed by atoms with Crippen molar-refractivity contribution in [2.75, 3.05) is 20.3 Å². The lowest BCUT2D eigenvalue weighted by Gasteiger charge is -2.33. The van der Waals surface area contributed by atoms with Crippen LogP contribution in [-0.4, -0.2) is 29.7 Å². The van der Waals surface area contributed by atoms with Crippen LogP contribution in [0.5, 0.6) is 0 Å². The van der Waals surface area contributed by atoms with Crippen LogP contribution in [0.2, 0.25) is 4.47 Å². The Balaban J connectivity index is 2.26. The summed E-state index contributed by atoms with van der Waals surface area (Å²) < 4.78 is 15.5. The summed E-state index contributed by atoms with van der Waals surface area (Å²) in [6.45, 7) is 1.37. The molecule has 0 radical (unpaired) electrons. The minimum atomic E-state index is -0.387. The van der Waals surface area contributed by atoms with E-state index in [1.807, 2.05) is 0 Å². The Labute approximate surface area is 91.4 Å². The topological polar surface area (TPSA) is 44.2 Å². The van der Waals surface area contributed by atoms with Gasteiger partial charge in [-0.15, -0.1) is 0 Å². The van der Waals surface area contributed by atoms with Crippen LogP contribution >= 0.6 is 23.1 Å². The predicted molar refractivity (Wildman–Crippen MR) is 53.7 cm³/mol.